The number of piperazine rings is 1. The molecule has 1 saturated heterocycles. The lowest BCUT2D eigenvalue weighted by Crippen LogP contribution is -2.52. The van der Waals surface area contributed by atoms with E-state index in [-0.39, 0.29) is 11.9 Å². The molecule has 0 aliphatic carbocycles. The summed E-state index contributed by atoms with van der Waals surface area (Å²) in [6.07, 6.45) is 1.61. The predicted octanol–water partition coefficient (Wildman–Crippen LogP) is 0.168. The summed E-state index contributed by atoms with van der Waals surface area (Å²) in [6.45, 7) is 4.15. The molecule has 7 heteroatoms. The normalized spacial score (nSPS) is 15.4. The Hall–Kier alpha value is -2.05. The fourth-order valence-corrected chi connectivity index (χ4v) is 2.26. The molecular formula is C13H21N5O2. The number of aromatic nitrogens is 2. The molecule has 1 aliphatic rings. The van der Waals surface area contributed by atoms with E-state index in [0.29, 0.717) is 31.7 Å². The van der Waals surface area contributed by atoms with Gasteiger partial charge in [-0.05, 0) is 6.92 Å². The van der Waals surface area contributed by atoms with Crippen LogP contribution in [0.3, 0.4) is 0 Å². The number of aryl methyl sites for hydroxylation is 1. The highest BCUT2D eigenvalue weighted by atomic mass is 16.2. The summed E-state index contributed by atoms with van der Waals surface area (Å²) in [5, 5.41) is 4.10. The number of nitrogens with zero attached hydrogens (tertiary/aromatic N) is 5. The minimum absolute atomic E-state index is 0.00495. The SMILES string of the molecule is Cc1c(C(=O)N2CCN(C(=O)N(C)C)CC2)cnn1C. The van der Waals surface area contributed by atoms with E-state index < -0.39 is 0 Å². The molecular weight excluding hydrogens is 258 g/mol. The molecule has 2 rings (SSSR count). The van der Waals surface area contributed by atoms with Gasteiger partial charge < -0.3 is 14.7 Å². The van der Waals surface area contributed by atoms with Gasteiger partial charge in [-0.15, -0.1) is 0 Å². The molecule has 3 amide bonds. The van der Waals surface area contributed by atoms with Crippen LogP contribution in [0.25, 0.3) is 0 Å². The molecule has 1 aliphatic heterocycles. The third kappa shape index (κ3) is 2.61. The number of hydrogen-bond acceptors (Lipinski definition) is 3. The van der Waals surface area contributed by atoms with E-state index in [1.54, 1.807) is 39.7 Å². The van der Waals surface area contributed by atoms with Crippen molar-refractivity contribution in [1.29, 1.82) is 0 Å². The van der Waals surface area contributed by atoms with Crippen molar-refractivity contribution in [3.8, 4) is 0 Å². The zero-order valence-corrected chi connectivity index (χ0v) is 12.5. The smallest absolute Gasteiger partial charge is 0.319 e. The minimum atomic E-state index is -0.00690. The molecule has 7 nitrogen and oxygen atoms in total. The van der Waals surface area contributed by atoms with Gasteiger partial charge in [0.1, 0.15) is 0 Å². The standard InChI is InChI=1S/C13H21N5O2/c1-10-11(9-14-16(10)4)12(19)17-5-7-18(8-6-17)13(20)15(2)3/h9H,5-8H2,1-4H3. The number of hydrogen-bond donors (Lipinski definition) is 0. The second-order valence-electron chi connectivity index (χ2n) is 5.22. The summed E-state index contributed by atoms with van der Waals surface area (Å²) in [7, 11) is 5.29. The lowest BCUT2D eigenvalue weighted by molar-refractivity contribution is 0.0649. The van der Waals surface area contributed by atoms with Gasteiger partial charge in [0.25, 0.3) is 5.91 Å². The van der Waals surface area contributed by atoms with Gasteiger partial charge in [-0.25, -0.2) is 4.79 Å². The Morgan fingerprint density at radius 2 is 1.70 bits per heavy atom. The van der Waals surface area contributed by atoms with E-state index in [0.717, 1.165) is 5.69 Å². The van der Waals surface area contributed by atoms with Crippen molar-refractivity contribution < 1.29 is 9.59 Å². The summed E-state index contributed by atoms with van der Waals surface area (Å²) < 4.78 is 1.69. The third-order valence-electron chi connectivity index (χ3n) is 3.69. The number of carbonyl (C=O) groups is 2. The molecule has 0 unspecified atom stereocenters. The molecule has 0 saturated carbocycles. The van der Waals surface area contributed by atoms with Crippen LogP contribution in [0.15, 0.2) is 6.20 Å². The topological polar surface area (TPSA) is 61.7 Å². The highest BCUT2D eigenvalue weighted by Crippen LogP contribution is 2.12. The fourth-order valence-electron chi connectivity index (χ4n) is 2.26. The Bertz CT molecular complexity index is 515. The first-order valence-corrected chi connectivity index (χ1v) is 6.66. The Kier molecular flexibility index (Phi) is 3.96. The molecule has 0 spiro atoms. The van der Waals surface area contributed by atoms with Crippen LogP contribution in [0.1, 0.15) is 16.1 Å². The molecule has 0 radical (unpaired) electrons. The minimum Gasteiger partial charge on any atom is -0.335 e. The molecule has 110 valence electrons. The molecule has 0 bridgehead atoms. The molecule has 20 heavy (non-hydrogen) atoms. The van der Waals surface area contributed by atoms with Crippen molar-refractivity contribution in [2.24, 2.45) is 7.05 Å². The Morgan fingerprint density at radius 1 is 1.15 bits per heavy atom. The molecule has 0 aromatic carbocycles. The van der Waals surface area contributed by atoms with E-state index in [9.17, 15) is 9.59 Å². The van der Waals surface area contributed by atoms with Gasteiger partial charge in [-0.3, -0.25) is 9.48 Å². The van der Waals surface area contributed by atoms with E-state index in [4.69, 9.17) is 0 Å². The third-order valence-corrected chi connectivity index (χ3v) is 3.69. The van der Waals surface area contributed by atoms with E-state index in [2.05, 4.69) is 5.10 Å². The zero-order chi connectivity index (χ0) is 14.9. The van der Waals surface area contributed by atoms with Crippen molar-refractivity contribution in [3.05, 3.63) is 17.5 Å². The van der Waals surface area contributed by atoms with Crippen molar-refractivity contribution in [1.82, 2.24) is 24.5 Å². The van der Waals surface area contributed by atoms with E-state index in [1.807, 2.05) is 14.0 Å². The largest absolute Gasteiger partial charge is 0.335 e. The van der Waals surface area contributed by atoms with Crippen LogP contribution in [0, 0.1) is 6.92 Å². The van der Waals surface area contributed by atoms with Gasteiger partial charge in [-0.1, -0.05) is 0 Å². The van der Waals surface area contributed by atoms with E-state index >= 15 is 0 Å². The molecule has 1 fully saturated rings. The summed E-state index contributed by atoms with van der Waals surface area (Å²) in [5.41, 5.74) is 1.50. The summed E-state index contributed by atoms with van der Waals surface area (Å²) in [4.78, 5) is 29.3. The van der Waals surface area contributed by atoms with Crippen LogP contribution >= 0.6 is 0 Å². The van der Waals surface area contributed by atoms with Gasteiger partial charge in [0.05, 0.1) is 11.8 Å². The lowest BCUT2D eigenvalue weighted by atomic mass is 10.2. The van der Waals surface area contributed by atoms with Crippen molar-refractivity contribution in [2.45, 2.75) is 6.92 Å². The molecule has 0 atom stereocenters. The number of carbonyl (C=O) groups excluding carboxylic acids is 2. The summed E-state index contributed by atoms with van der Waals surface area (Å²) >= 11 is 0. The highest BCUT2D eigenvalue weighted by molar-refractivity contribution is 5.95. The van der Waals surface area contributed by atoms with Gasteiger partial charge >= 0.3 is 6.03 Å². The zero-order valence-electron chi connectivity index (χ0n) is 12.5. The van der Waals surface area contributed by atoms with Gasteiger partial charge in [-0.2, -0.15) is 5.10 Å². The van der Waals surface area contributed by atoms with Crippen molar-refractivity contribution in [2.75, 3.05) is 40.3 Å². The second-order valence-corrected chi connectivity index (χ2v) is 5.22. The Labute approximate surface area is 118 Å². The Morgan fingerprint density at radius 3 is 2.15 bits per heavy atom. The average Bonchev–Trinajstić information content (AvgIpc) is 2.77. The average molecular weight is 279 g/mol. The quantitative estimate of drug-likeness (QED) is 0.736. The second kappa shape index (κ2) is 5.52. The first kappa shape index (κ1) is 14.4. The maximum Gasteiger partial charge on any atom is 0.319 e. The molecule has 2 heterocycles. The van der Waals surface area contributed by atoms with Crippen molar-refractivity contribution >= 4 is 11.9 Å². The van der Waals surface area contributed by atoms with Crippen LogP contribution < -0.4 is 0 Å². The van der Waals surface area contributed by atoms with Gasteiger partial charge in [0.2, 0.25) is 0 Å². The van der Waals surface area contributed by atoms with Crippen LogP contribution in [0.4, 0.5) is 4.79 Å². The lowest BCUT2D eigenvalue weighted by Gasteiger charge is -2.35. The molecule has 0 N–H and O–H groups in total. The number of rotatable bonds is 1. The summed E-state index contributed by atoms with van der Waals surface area (Å²) in [5.74, 6) is -0.00690. The van der Waals surface area contributed by atoms with Crippen LogP contribution in [0.2, 0.25) is 0 Å². The number of urea groups is 1. The van der Waals surface area contributed by atoms with E-state index in [1.165, 1.54) is 0 Å². The first-order valence-electron chi connectivity index (χ1n) is 6.66. The number of amides is 3. The van der Waals surface area contributed by atoms with Crippen LogP contribution in [-0.2, 0) is 7.05 Å². The maximum absolute atomic E-state index is 12.4. The Balaban J connectivity index is 1.99. The van der Waals surface area contributed by atoms with Crippen LogP contribution in [0.5, 0.6) is 0 Å². The monoisotopic (exact) mass is 279 g/mol. The van der Waals surface area contributed by atoms with Crippen molar-refractivity contribution in [3.63, 3.8) is 0 Å². The molecule has 1 aromatic heterocycles. The van der Waals surface area contributed by atoms with Gasteiger partial charge in [0.15, 0.2) is 0 Å². The fraction of sp³-hybridized carbons (Fsp3) is 0.615. The molecule has 1 aromatic rings. The van der Waals surface area contributed by atoms with Crippen LogP contribution in [-0.4, -0.2) is 76.7 Å². The van der Waals surface area contributed by atoms with Gasteiger partial charge in [0, 0.05) is 53.0 Å². The maximum atomic E-state index is 12.4. The predicted molar refractivity (Wildman–Crippen MR) is 74.5 cm³/mol. The first-order chi connectivity index (χ1) is 9.41. The summed E-state index contributed by atoms with van der Waals surface area (Å²) in [6, 6.07) is -0.00495. The highest BCUT2D eigenvalue weighted by Gasteiger charge is 2.27.